The standard InChI is InChI=1S/C21H35N3O4S2/c1-17(2)29(25,26)23-20-8-6-18(7-9-20)16-22-19-10-12-21(13-11-19)30(27,28)24-14-4-3-5-15-24/h10-13,17-18,20,22-23H,3-9,14-16H2,1-2H3/t18-,20-. The Morgan fingerprint density at radius 3 is 2.10 bits per heavy atom. The zero-order chi connectivity index (χ0) is 21.8. The van der Waals surface area contributed by atoms with Crippen molar-refractivity contribution in [3.05, 3.63) is 24.3 Å². The van der Waals surface area contributed by atoms with Gasteiger partial charge in [0, 0.05) is 31.4 Å². The van der Waals surface area contributed by atoms with Gasteiger partial charge in [0.25, 0.3) is 0 Å². The summed E-state index contributed by atoms with van der Waals surface area (Å²) in [6.45, 7) is 5.42. The highest BCUT2D eigenvalue weighted by atomic mass is 32.2. The number of anilines is 1. The third-order valence-corrected chi connectivity index (χ3v) is 10.0. The molecule has 2 aliphatic rings. The molecule has 9 heteroatoms. The zero-order valence-electron chi connectivity index (χ0n) is 18.0. The third kappa shape index (κ3) is 5.96. The van der Waals surface area contributed by atoms with Gasteiger partial charge in [0.15, 0.2) is 0 Å². The number of nitrogens with one attached hydrogen (secondary N) is 2. The zero-order valence-corrected chi connectivity index (χ0v) is 19.6. The number of rotatable bonds is 8. The summed E-state index contributed by atoms with van der Waals surface area (Å²) in [5.41, 5.74) is 0.912. The number of hydrogen-bond donors (Lipinski definition) is 2. The summed E-state index contributed by atoms with van der Waals surface area (Å²) >= 11 is 0. The lowest BCUT2D eigenvalue weighted by molar-refractivity contribution is 0.323. The van der Waals surface area contributed by atoms with Crippen LogP contribution in [0, 0.1) is 5.92 Å². The molecule has 1 aliphatic carbocycles. The smallest absolute Gasteiger partial charge is 0.243 e. The van der Waals surface area contributed by atoms with Gasteiger partial charge in [-0.15, -0.1) is 0 Å². The molecule has 2 N–H and O–H groups in total. The molecule has 1 aliphatic heterocycles. The molecule has 1 aromatic rings. The average molecular weight is 458 g/mol. The van der Waals surface area contributed by atoms with Gasteiger partial charge in [0.05, 0.1) is 10.1 Å². The highest BCUT2D eigenvalue weighted by Crippen LogP contribution is 2.26. The van der Waals surface area contributed by atoms with Crippen LogP contribution in [0.1, 0.15) is 58.8 Å². The van der Waals surface area contributed by atoms with Gasteiger partial charge < -0.3 is 5.32 Å². The van der Waals surface area contributed by atoms with E-state index < -0.39 is 25.3 Å². The van der Waals surface area contributed by atoms with Gasteiger partial charge in [-0.1, -0.05) is 6.42 Å². The van der Waals surface area contributed by atoms with E-state index in [9.17, 15) is 16.8 Å². The second-order valence-corrected chi connectivity index (χ2v) is 13.0. The van der Waals surface area contributed by atoms with Crippen molar-refractivity contribution in [2.45, 2.75) is 75.0 Å². The van der Waals surface area contributed by atoms with E-state index in [4.69, 9.17) is 0 Å². The van der Waals surface area contributed by atoms with E-state index >= 15 is 0 Å². The summed E-state index contributed by atoms with van der Waals surface area (Å²) in [7, 11) is -6.61. The number of sulfonamides is 2. The third-order valence-electron chi connectivity index (χ3n) is 6.20. The Hall–Kier alpha value is -1.16. The van der Waals surface area contributed by atoms with Crippen molar-refractivity contribution in [2.24, 2.45) is 5.92 Å². The molecule has 1 heterocycles. The van der Waals surface area contributed by atoms with E-state index in [1.54, 1.807) is 30.3 Å². The topological polar surface area (TPSA) is 95.6 Å². The highest BCUT2D eigenvalue weighted by molar-refractivity contribution is 7.90. The van der Waals surface area contributed by atoms with Crippen molar-refractivity contribution >= 4 is 25.7 Å². The van der Waals surface area contributed by atoms with E-state index in [1.165, 1.54) is 0 Å². The van der Waals surface area contributed by atoms with Crippen LogP contribution in [-0.2, 0) is 20.0 Å². The maximum absolute atomic E-state index is 12.7. The molecular weight excluding hydrogens is 422 g/mol. The first kappa shape index (κ1) is 23.5. The van der Waals surface area contributed by atoms with Crippen LogP contribution in [0.5, 0.6) is 0 Å². The first-order valence-corrected chi connectivity index (χ1v) is 14.0. The van der Waals surface area contributed by atoms with Crippen LogP contribution in [0.3, 0.4) is 0 Å². The minimum Gasteiger partial charge on any atom is -0.385 e. The summed E-state index contributed by atoms with van der Waals surface area (Å²) < 4.78 is 53.9. The summed E-state index contributed by atoms with van der Waals surface area (Å²) in [6, 6.07) is 7.07. The van der Waals surface area contributed by atoms with Crippen LogP contribution in [0.15, 0.2) is 29.2 Å². The Morgan fingerprint density at radius 1 is 0.933 bits per heavy atom. The van der Waals surface area contributed by atoms with Crippen molar-refractivity contribution in [3.63, 3.8) is 0 Å². The van der Waals surface area contributed by atoms with E-state index in [-0.39, 0.29) is 6.04 Å². The molecule has 0 unspecified atom stereocenters. The Balaban J connectivity index is 1.47. The minimum absolute atomic E-state index is 0.0351. The molecule has 1 saturated carbocycles. The Morgan fingerprint density at radius 2 is 1.53 bits per heavy atom. The maximum atomic E-state index is 12.7. The van der Waals surface area contributed by atoms with Crippen LogP contribution in [0.25, 0.3) is 0 Å². The highest BCUT2D eigenvalue weighted by Gasteiger charge is 2.27. The van der Waals surface area contributed by atoms with Gasteiger partial charge in [-0.25, -0.2) is 21.6 Å². The maximum Gasteiger partial charge on any atom is 0.243 e. The second kappa shape index (κ2) is 9.97. The molecule has 0 aromatic heterocycles. The monoisotopic (exact) mass is 457 g/mol. The normalized spacial score (nSPS) is 24.1. The molecular formula is C21H35N3O4S2. The van der Waals surface area contributed by atoms with E-state index in [1.807, 2.05) is 12.1 Å². The number of nitrogens with zero attached hydrogens (tertiary/aromatic N) is 1. The van der Waals surface area contributed by atoms with Crippen LogP contribution in [0.4, 0.5) is 5.69 Å². The fourth-order valence-corrected chi connectivity index (χ4v) is 6.60. The lowest BCUT2D eigenvalue weighted by Gasteiger charge is -2.29. The molecule has 1 aromatic carbocycles. The molecule has 0 bridgehead atoms. The first-order chi connectivity index (χ1) is 14.2. The Labute approximate surface area is 181 Å². The van der Waals surface area contributed by atoms with E-state index in [0.29, 0.717) is 23.9 Å². The van der Waals surface area contributed by atoms with Crippen LogP contribution < -0.4 is 10.0 Å². The van der Waals surface area contributed by atoms with Crippen LogP contribution >= 0.6 is 0 Å². The first-order valence-electron chi connectivity index (χ1n) is 11.0. The van der Waals surface area contributed by atoms with Crippen LogP contribution in [0.2, 0.25) is 0 Å². The van der Waals surface area contributed by atoms with Crippen molar-refractivity contribution in [1.82, 2.24) is 9.03 Å². The molecule has 0 amide bonds. The largest absolute Gasteiger partial charge is 0.385 e. The van der Waals surface area contributed by atoms with Gasteiger partial charge in [-0.05, 0) is 82.6 Å². The summed E-state index contributed by atoms with van der Waals surface area (Å²) in [5, 5.41) is 3.00. The fraction of sp³-hybridized carbons (Fsp3) is 0.714. The summed E-state index contributed by atoms with van der Waals surface area (Å²) in [5.74, 6) is 0.488. The minimum atomic E-state index is -3.39. The van der Waals surface area contributed by atoms with Crippen molar-refractivity contribution < 1.29 is 16.8 Å². The van der Waals surface area contributed by atoms with Crippen molar-refractivity contribution in [1.29, 1.82) is 0 Å². The van der Waals surface area contributed by atoms with Gasteiger partial charge in [-0.3, -0.25) is 0 Å². The predicted octanol–water partition coefficient (Wildman–Crippen LogP) is 3.16. The Bertz CT molecular complexity index is 885. The van der Waals surface area contributed by atoms with Crippen molar-refractivity contribution in [2.75, 3.05) is 25.0 Å². The summed E-state index contributed by atoms with van der Waals surface area (Å²) in [6.07, 6.45) is 6.61. The number of hydrogen-bond acceptors (Lipinski definition) is 5. The molecule has 0 atom stereocenters. The summed E-state index contributed by atoms with van der Waals surface area (Å²) in [4.78, 5) is 0.355. The van der Waals surface area contributed by atoms with Gasteiger partial charge in [0.1, 0.15) is 0 Å². The molecule has 2 fully saturated rings. The molecule has 0 radical (unpaired) electrons. The molecule has 30 heavy (non-hydrogen) atoms. The molecule has 3 rings (SSSR count). The van der Waals surface area contributed by atoms with Crippen LogP contribution in [-0.4, -0.2) is 52.1 Å². The second-order valence-electron chi connectivity index (χ2n) is 8.80. The quantitative estimate of drug-likeness (QED) is 0.625. The molecule has 0 spiro atoms. The molecule has 170 valence electrons. The fourth-order valence-electron chi connectivity index (χ4n) is 4.11. The predicted molar refractivity (Wildman–Crippen MR) is 120 cm³/mol. The van der Waals surface area contributed by atoms with Crippen molar-refractivity contribution in [3.8, 4) is 0 Å². The number of benzene rings is 1. The average Bonchev–Trinajstić information content (AvgIpc) is 2.74. The molecule has 1 saturated heterocycles. The molecule has 7 nitrogen and oxygen atoms in total. The number of piperidine rings is 1. The lowest BCUT2D eigenvalue weighted by Crippen LogP contribution is -2.41. The van der Waals surface area contributed by atoms with Gasteiger partial charge in [-0.2, -0.15) is 4.31 Å². The lowest BCUT2D eigenvalue weighted by atomic mass is 9.86. The SMILES string of the molecule is CC(C)S(=O)(=O)N[C@H]1CC[C@H](CNc2ccc(S(=O)(=O)N3CCCCC3)cc2)CC1. The van der Waals surface area contributed by atoms with E-state index in [2.05, 4.69) is 10.0 Å². The van der Waals surface area contributed by atoms with Gasteiger partial charge >= 0.3 is 0 Å². The van der Waals surface area contributed by atoms with E-state index in [0.717, 1.165) is 57.2 Å². The van der Waals surface area contributed by atoms with Gasteiger partial charge in [0.2, 0.25) is 20.0 Å². The Kier molecular flexibility index (Phi) is 7.81.